The minimum Gasteiger partial charge on any atom is -0.391 e. The second kappa shape index (κ2) is 5.67. The average molecular weight is 314 g/mol. The summed E-state index contributed by atoms with van der Waals surface area (Å²) in [5.41, 5.74) is 1.53. The van der Waals surface area contributed by atoms with Crippen LogP contribution in [0.2, 0.25) is 0 Å². The van der Waals surface area contributed by atoms with Gasteiger partial charge in [-0.2, -0.15) is 0 Å². The maximum Gasteiger partial charge on any atom is 0.321 e. The van der Waals surface area contributed by atoms with Crippen molar-refractivity contribution in [2.24, 2.45) is 0 Å². The second-order valence-corrected chi connectivity index (χ2v) is 5.22. The van der Waals surface area contributed by atoms with Crippen LogP contribution in [0.15, 0.2) is 16.7 Å². The van der Waals surface area contributed by atoms with Crippen molar-refractivity contribution in [2.75, 3.05) is 18.4 Å². The molecule has 0 spiro atoms. The Hall–Kier alpha value is -1.14. The number of hydrogen-bond donors (Lipinski definition) is 2. The van der Waals surface area contributed by atoms with E-state index in [1.54, 1.807) is 17.2 Å². The maximum absolute atomic E-state index is 12.0. The van der Waals surface area contributed by atoms with Crippen molar-refractivity contribution in [1.29, 1.82) is 0 Å². The molecule has 2 amide bonds. The number of aryl methyl sites for hydroxylation is 1. The van der Waals surface area contributed by atoms with E-state index in [4.69, 9.17) is 0 Å². The molecular weight excluding hydrogens is 298 g/mol. The number of aliphatic hydroxyl groups is 1. The molecule has 1 aliphatic heterocycles. The fourth-order valence-electron chi connectivity index (χ4n) is 1.98. The number of pyridine rings is 1. The number of piperidine rings is 1. The number of carbonyl (C=O) groups is 1. The van der Waals surface area contributed by atoms with Crippen LogP contribution >= 0.6 is 15.9 Å². The van der Waals surface area contributed by atoms with E-state index in [1.165, 1.54) is 0 Å². The third-order valence-electron chi connectivity index (χ3n) is 2.99. The highest BCUT2D eigenvalue weighted by atomic mass is 79.9. The van der Waals surface area contributed by atoms with E-state index in [1.807, 2.05) is 6.92 Å². The number of nitrogens with zero attached hydrogens (tertiary/aromatic N) is 2. The molecule has 5 nitrogen and oxygen atoms in total. The second-order valence-electron chi connectivity index (χ2n) is 4.43. The molecular formula is C12H16BrN3O2. The zero-order valence-corrected chi connectivity index (χ0v) is 11.8. The van der Waals surface area contributed by atoms with Gasteiger partial charge >= 0.3 is 6.03 Å². The van der Waals surface area contributed by atoms with Gasteiger partial charge in [-0.25, -0.2) is 4.79 Å². The van der Waals surface area contributed by atoms with Crippen LogP contribution in [0.3, 0.4) is 0 Å². The summed E-state index contributed by atoms with van der Waals surface area (Å²) in [7, 11) is 0. The quantitative estimate of drug-likeness (QED) is 0.835. The molecule has 0 bridgehead atoms. The minimum absolute atomic E-state index is 0.181. The molecule has 2 rings (SSSR count). The molecule has 2 heterocycles. The molecule has 1 fully saturated rings. The molecule has 1 aromatic heterocycles. The lowest BCUT2D eigenvalue weighted by molar-refractivity contribution is 0.0883. The van der Waals surface area contributed by atoms with Gasteiger partial charge in [-0.05, 0) is 41.8 Å². The molecule has 98 valence electrons. The lowest BCUT2D eigenvalue weighted by Gasteiger charge is -2.30. The molecule has 1 aromatic rings. The maximum atomic E-state index is 12.0. The van der Waals surface area contributed by atoms with E-state index < -0.39 is 6.10 Å². The number of anilines is 1. The van der Waals surface area contributed by atoms with Crippen molar-refractivity contribution in [1.82, 2.24) is 9.88 Å². The molecule has 0 aliphatic carbocycles. The Morgan fingerprint density at radius 2 is 2.44 bits per heavy atom. The summed E-state index contributed by atoms with van der Waals surface area (Å²) in [5, 5.41) is 12.4. The molecule has 0 saturated carbocycles. The molecule has 1 aliphatic rings. The van der Waals surface area contributed by atoms with E-state index in [0.29, 0.717) is 18.8 Å². The normalized spacial score (nSPS) is 19.7. The van der Waals surface area contributed by atoms with Crippen LogP contribution in [0.4, 0.5) is 10.5 Å². The van der Waals surface area contributed by atoms with Crippen molar-refractivity contribution in [3.8, 4) is 0 Å². The summed E-state index contributed by atoms with van der Waals surface area (Å²) in [6.07, 6.45) is 2.85. The van der Waals surface area contributed by atoms with E-state index in [-0.39, 0.29) is 6.03 Å². The van der Waals surface area contributed by atoms with E-state index in [2.05, 4.69) is 26.2 Å². The Kier molecular flexibility index (Phi) is 4.19. The average Bonchev–Trinajstić information content (AvgIpc) is 2.35. The van der Waals surface area contributed by atoms with Crippen molar-refractivity contribution < 1.29 is 9.90 Å². The van der Waals surface area contributed by atoms with Gasteiger partial charge in [0.25, 0.3) is 0 Å². The van der Waals surface area contributed by atoms with Gasteiger partial charge in [0.2, 0.25) is 0 Å². The molecule has 0 aromatic carbocycles. The lowest BCUT2D eigenvalue weighted by Crippen LogP contribution is -2.44. The molecule has 2 N–H and O–H groups in total. The molecule has 18 heavy (non-hydrogen) atoms. The van der Waals surface area contributed by atoms with Gasteiger partial charge in [0.1, 0.15) is 0 Å². The first-order valence-corrected chi connectivity index (χ1v) is 6.72. The largest absolute Gasteiger partial charge is 0.391 e. The lowest BCUT2D eigenvalue weighted by atomic mass is 10.1. The van der Waals surface area contributed by atoms with Crippen LogP contribution in [-0.4, -0.2) is 40.2 Å². The summed E-state index contributed by atoms with van der Waals surface area (Å²) >= 11 is 3.40. The zero-order valence-electron chi connectivity index (χ0n) is 10.2. The molecule has 6 heteroatoms. The van der Waals surface area contributed by atoms with Crippen molar-refractivity contribution in [3.05, 3.63) is 22.4 Å². The van der Waals surface area contributed by atoms with Crippen molar-refractivity contribution >= 4 is 27.6 Å². The van der Waals surface area contributed by atoms with Crippen LogP contribution < -0.4 is 5.32 Å². The molecule has 1 unspecified atom stereocenters. The number of β-amino-alcohol motifs (C(OH)–C–C–N with tert-alkyl or cyclic N) is 1. The summed E-state index contributed by atoms with van der Waals surface area (Å²) in [5.74, 6) is 0. The standard InChI is InChI=1S/C12H16BrN3O2/c1-8-11(13)10(4-5-14-8)15-12(18)16-6-2-3-9(17)7-16/h4-5,9,17H,2-3,6-7H2,1H3,(H,14,15,18). The number of carbonyl (C=O) groups excluding carboxylic acids is 1. The van der Waals surface area contributed by atoms with Gasteiger partial charge in [-0.3, -0.25) is 4.98 Å². The molecule has 1 saturated heterocycles. The van der Waals surface area contributed by atoms with E-state index in [0.717, 1.165) is 23.0 Å². The third kappa shape index (κ3) is 3.00. The molecule has 0 radical (unpaired) electrons. The first kappa shape index (κ1) is 13.3. The number of aliphatic hydroxyl groups excluding tert-OH is 1. The number of hydrogen-bond acceptors (Lipinski definition) is 3. The number of rotatable bonds is 1. The monoisotopic (exact) mass is 313 g/mol. The third-order valence-corrected chi connectivity index (χ3v) is 3.99. The fourth-order valence-corrected chi connectivity index (χ4v) is 2.31. The summed E-state index contributed by atoms with van der Waals surface area (Å²) in [6, 6.07) is 1.56. The van der Waals surface area contributed by atoms with Crippen molar-refractivity contribution in [2.45, 2.75) is 25.9 Å². The van der Waals surface area contributed by atoms with Crippen LogP contribution in [0.25, 0.3) is 0 Å². The van der Waals surface area contributed by atoms with Crippen LogP contribution in [-0.2, 0) is 0 Å². The Labute approximate surface area is 114 Å². The van der Waals surface area contributed by atoms with Crippen LogP contribution in [0.1, 0.15) is 18.5 Å². The number of halogens is 1. The topological polar surface area (TPSA) is 65.5 Å². The number of nitrogens with one attached hydrogen (secondary N) is 1. The van der Waals surface area contributed by atoms with E-state index >= 15 is 0 Å². The van der Waals surface area contributed by atoms with Gasteiger partial charge in [-0.1, -0.05) is 0 Å². The Balaban J connectivity index is 2.04. The summed E-state index contributed by atoms with van der Waals surface area (Å²) < 4.78 is 0.788. The van der Waals surface area contributed by atoms with Gasteiger partial charge in [0.15, 0.2) is 0 Å². The predicted octanol–water partition coefficient (Wildman–Crippen LogP) is 2.14. The first-order chi connectivity index (χ1) is 8.58. The minimum atomic E-state index is -0.410. The van der Waals surface area contributed by atoms with E-state index in [9.17, 15) is 9.90 Å². The highest BCUT2D eigenvalue weighted by Gasteiger charge is 2.22. The van der Waals surface area contributed by atoms with Gasteiger partial charge in [0.05, 0.1) is 22.0 Å². The Bertz CT molecular complexity index is 453. The van der Waals surface area contributed by atoms with Gasteiger partial charge < -0.3 is 15.3 Å². The summed E-state index contributed by atoms with van der Waals surface area (Å²) in [6.45, 7) is 2.95. The van der Waals surface area contributed by atoms with Gasteiger partial charge in [0, 0.05) is 19.3 Å². The number of amides is 2. The predicted molar refractivity (Wildman–Crippen MR) is 72.5 cm³/mol. The van der Waals surface area contributed by atoms with Crippen LogP contribution in [0.5, 0.6) is 0 Å². The number of likely N-dealkylation sites (tertiary alicyclic amines) is 1. The Morgan fingerprint density at radius 3 is 3.17 bits per heavy atom. The molecule has 1 atom stereocenters. The van der Waals surface area contributed by atoms with Gasteiger partial charge in [-0.15, -0.1) is 0 Å². The summed E-state index contributed by atoms with van der Waals surface area (Å²) in [4.78, 5) is 17.8. The van der Waals surface area contributed by atoms with Crippen molar-refractivity contribution in [3.63, 3.8) is 0 Å². The number of urea groups is 1. The number of aromatic nitrogens is 1. The highest BCUT2D eigenvalue weighted by Crippen LogP contribution is 2.24. The Morgan fingerprint density at radius 1 is 1.67 bits per heavy atom. The first-order valence-electron chi connectivity index (χ1n) is 5.93. The fraction of sp³-hybridized carbons (Fsp3) is 0.500. The SMILES string of the molecule is Cc1nccc(NC(=O)N2CCCC(O)C2)c1Br. The zero-order chi connectivity index (χ0) is 13.1. The highest BCUT2D eigenvalue weighted by molar-refractivity contribution is 9.10. The van der Waals surface area contributed by atoms with Crippen LogP contribution in [0, 0.1) is 6.92 Å². The smallest absolute Gasteiger partial charge is 0.321 e.